The molecule has 0 aliphatic carbocycles. The van der Waals surface area contributed by atoms with Crippen molar-refractivity contribution in [1.82, 2.24) is 0 Å². The number of benzene rings is 2. The van der Waals surface area contributed by atoms with Crippen LogP contribution in [0, 0.1) is 13.5 Å². The first-order valence-electron chi connectivity index (χ1n) is 7.34. The zero-order valence-corrected chi connectivity index (χ0v) is 13.5. The van der Waals surface area contributed by atoms with Crippen LogP contribution in [-0.2, 0) is 4.74 Å². The number of nitrogens with zero attached hydrogens (tertiary/aromatic N) is 1. The third kappa shape index (κ3) is 4.35. The second-order valence-corrected chi connectivity index (χ2v) is 6.18. The fraction of sp³-hybridized carbons (Fsp3) is 0.263. The second-order valence-electron chi connectivity index (χ2n) is 6.18. The summed E-state index contributed by atoms with van der Waals surface area (Å²) in [7, 11) is 0. The number of amides is 1. The Hall–Kier alpha value is -2.29. The fourth-order valence-corrected chi connectivity index (χ4v) is 2.05. The third-order valence-electron chi connectivity index (χ3n) is 3.04. The summed E-state index contributed by atoms with van der Waals surface area (Å²) in [5, 5.41) is 0. The van der Waals surface area contributed by atoms with Crippen LogP contribution >= 0.6 is 0 Å². The predicted molar refractivity (Wildman–Crippen MR) is 89.7 cm³/mol. The first-order chi connectivity index (χ1) is 10.4. The summed E-state index contributed by atoms with van der Waals surface area (Å²) in [5.74, 6) is 0. The Morgan fingerprint density at radius 3 is 2.18 bits per heavy atom. The average molecular weight is 296 g/mol. The lowest BCUT2D eigenvalue weighted by Crippen LogP contribution is -2.35. The summed E-state index contributed by atoms with van der Waals surface area (Å²) < 4.78 is 5.54. The minimum atomic E-state index is -0.539. The molecule has 0 aliphatic heterocycles. The number of carbonyl (C=O) groups is 1. The maximum absolute atomic E-state index is 12.6. The number of hydrogen-bond acceptors (Lipinski definition) is 2. The summed E-state index contributed by atoms with van der Waals surface area (Å²) >= 11 is 0. The second kappa shape index (κ2) is 6.65. The largest absolute Gasteiger partial charge is 0.443 e. The maximum Gasteiger partial charge on any atom is 0.415 e. The van der Waals surface area contributed by atoms with Gasteiger partial charge in [0, 0.05) is 0 Å². The van der Waals surface area contributed by atoms with E-state index in [1.165, 1.54) is 0 Å². The van der Waals surface area contributed by atoms with Crippen molar-refractivity contribution in [2.75, 3.05) is 4.90 Å². The summed E-state index contributed by atoms with van der Waals surface area (Å²) in [6.45, 7) is 9.37. The van der Waals surface area contributed by atoms with Crippen molar-refractivity contribution in [2.45, 2.75) is 33.3 Å². The Balaban J connectivity index is 2.32. The van der Waals surface area contributed by atoms with E-state index in [0.717, 1.165) is 16.8 Å². The van der Waals surface area contributed by atoms with Crippen molar-refractivity contribution in [3.63, 3.8) is 0 Å². The van der Waals surface area contributed by atoms with Gasteiger partial charge in [-0.2, -0.15) is 0 Å². The van der Waals surface area contributed by atoms with Crippen molar-refractivity contribution >= 4 is 11.8 Å². The molecule has 0 N–H and O–H groups in total. The van der Waals surface area contributed by atoms with Crippen molar-refractivity contribution in [1.29, 1.82) is 0 Å². The van der Waals surface area contributed by atoms with Gasteiger partial charge in [0.05, 0.1) is 12.2 Å². The summed E-state index contributed by atoms with van der Waals surface area (Å²) in [6, 6.07) is 17.5. The smallest absolute Gasteiger partial charge is 0.415 e. The van der Waals surface area contributed by atoms with Gasteiger partial charge in [-0.15, -0.1) is 0 Å². The molecule has 115 valence electrons. The molecule has 2 aromatic rings. The highest BCUT2D eigenvalue weighted by Gasteiger charge is 2.24. The van der Waals surface area contributed by atoms with Gasteiger partial charge in [0.2, 0.25) is 0 Å². The molecule has 0 saturated heterocycles. The maximum atomic E-state index is 12.6. The van der Waals surface area contributed by atoms with Crippen molar-refractivity contribution in [2.24, 2.45) is 0 Å². The zero-order chi connectivity index (χ0) is 16.2. The molecule has 0 saturated carbocycles. The van der Waals surface area contributed by atoms with Crippen molar-refractivity contribution < 1.29 is 9.53 Å². The van der Waals surface area contributed by atoms with Gasteiger partial charge in [0.1, 0.15) is 5.60 Å². The molecule has 1 amide bonds. The van der Waals surface area contributed by atoms with E-state index in [9.17, 15) is 4.79 Å². The van der Waals surface area contributed by atoms with E-state index in [2.05, 4.69) is 0 Å². The number of aryl methyl sites for hydroxylation is 1. The average Bonchev–Trinajstić information content (AvgIpc) is 2.45. The lowest BCUT2D eigenvalue weighted by atomic mass is 10.1. The van der Waals surface area contributed by atoms with Gasteiger partial charge in [-0.3, -0.25) is 4.90 Å². The van der Waals surface area contributed by atoms with Crippen molar-refractivity contribution in [3.05, 3.63) is 72.3 Å². The molecule has 0 aliphatic rings. The van der Waals surface area contributed by atoms with E-state index in [1.54, 1.807) is 11.4 Å². The van der Waals surface area contributed by atoms with E-state index in [0.29, 0.717) is 0 Å². The molecule has 0 aromatic heterocycles. The van der Waals surface area contributed by atoms with Crippen LogP contribution in [0.5, 0.6) is 0 Å². The molecule has 0 heterocycles. The van der Waals surface area contributed by atoms with Gasteiger partial charge in [0.25, 0.3) is 0 Å². The number of carbonyl (C=O) groups excluding carboxylic acids is 1. The Labute approximate surface area is 132 Å². The van der Waals surface area contributed by atoms with Crippen LogP contribution in [0.1, 0.15) is 31.9 Å². The minimum Gasteiger partial charge on any atom is -0.443 e. The Morgan fingerprint density at radius 1 is 1.00 bits per heavy atom. The number of anilines is 1. The van der Waals surface area contributed by atoms with E-state index < -0.39 is 5.60 Å². The highest BCUT2D eigenvalue weighted by atomic mass is 16.6. The molecular formula is C19H22NO2. The van der Waals surface area contributed by atoms with Crippen LogP contribution in [0.25, 0.3) is 0 Å². The minimum absolute atomic E-state index is 0.384. The van der Waals surface area contributed by atoms with Crippen LogP contribution in [0.15, 0.2) is 54.6 Å². The molecule has 22 heavy (non-hydrogen) atoms. The normalized spacial score (nSPS) is 11.1. The van der Waals surface area contributed by atoms with Crippen LogP contribution in [-0.4, -0.2) is 11.7 Å². The fourth-order valence-electron chi connectivity index (χ4n) is 2.05. The SMILES string of the molecule is Cc1ccccc1N([CH]c1ccccc1)C(=O)OC(C)(C)C. The topological polar surface area (TPSA) is 29.5 Å². The first-order valence-corrected chi connectivity index (χ1v) is 7.34. The molecule has 0 unspecified atom stereocenters. The van der Waals surface area contributed by atoms with Gasteiger partial charge in [-0.1, -0.05) is 48.5 Å². The molecular weight excluding hydrogens is 274 g/mol. The van der Waals surface area contributed by atoms with Crippen LogP contribution in [0.4, 0.5) is 10.5 Å². The van der Waals surface area contributed by atoms with Crippen molar-refractivity contribution in [3.8, 4) is 0 Å². The number of ether oxygens (including phenoxy) is 1. The van der Waals surface area contributed by atoms with Gasteiger partial charge in [-0.25, -0.2) is 4.79 Å². The summed E-state index contributed by atoms with van der Waals surface area (Å²) in [5.41, 5.74) is 2.24. The number of rotatable bonds is 3. The molecule has 2 rings (SSSR count). The Bertz CT molecular complexity index is 629. The van der Waals surface area contributed by atoms with E-state index in [1.807, 2.05) is 82.3 Å². The van der Waals surface area contributed by atoms with E-state index >= 15 is 0 Å². The van der Waals surface area contributed by atoms with E-state index in [-0.39, 0.29) is 6.09 Å². The number of para-hydroxylation sites is 1. The highest BCUT2D eigenvalue weighted by Crippen LogP contribution is 2.25. The summed E-state index contributed by atoms with van der Waals surface area (Å²) in [4.78, 5) is 14.2. The lowest BCUT2D eigenvalue weighted by Gasteiger charge is -2.28. The van der Waals surface area contributed by atoms with Gasteiger partial charge < -0.3 is 4.74 Å². The lowest BCUT2D eigenvalue weighted by molar-refractivity contribution is 0.0591. The molecule has 3 heteroatoms. The summed E-state index contributed by atoms with van der Waals surface area (Å²) in [6.07, 6.45) is -0.384. The zero-order valence-electron chi connectivity index (χ0n) is 13.5. The van der Waals surface area contributed by atoms with Crippen LogP contribution in [0.3, 0.4) is 0 Å². The van der Waals surface area contributed by atoms with Crippen LogP contribution < -0.4 is 4.90 Å². The molecule has 0 atom stereocenters. The van der Waals surface area contributed by atoms with Gasteiger partial charge in [0.15, 0.2) is 0 Å². The molecule has 2 aromatic carbocycles. The Morgan fingerprint density at radius 2 is 1.59 bits per heavy atom. The highest BCUT2D eigenvalue weighted by molar-refractivity contribution is 5.91. The molecule has 0 fully saturated rings. The quantitative estimate of drug-likeness (QED) is 0.802. The predicted octanol–water partition coefficient (Wildman–Crippen LogP) is 4.95. The molecule has 0 bridgehead atoms. The van der Waals surface area contributed by atoms with Gasteiger partial charge in [-0.05, 0) is 44.9 Å². The number of hydrogen-bond donors (Lipinski definition) is 0. The first kappa shape index (κ1) is 16.1. The molecule has 1 radical (unpaired) electrons. The van der Waals surface area contributed by atoms with Crippen LogP contribution in [0.2, 0.25) is 0 Å². The monoisotopic (exact) mass is 296 g/mol. The standard InChI is InChI=1S/C19H22NO2/c1-15-10-8-9-13-17(15)20(18(21)22-19(2,3)4)14-16-11-6-5-7-12-16/h5-14H,1-4H3. The molecule has 0 spiro atoms. The Kier molecular flexibility index (Phi) is 4.86. The van der Waals surface area contributed by atoms with Gasteiger partial charge >= 0.3 is 6.09 Å². The van der Waals surface area contributed by atoms with E-state index in [4.69, 9.17) is 4.74 Å². The third-order valence-corrected chi connectivity index (χ3v) is 3.04. The molecule has 3 nitrogen and oxygen atoms in total.